The molecule has 1 unspecified atom stereocenters. The molecule has 1 atom stereocenters. The highest BCUT2D eigenvalue weighted by molar-refractivity contribution is 6.10. The number of esters is 1. The molecule has 1 aliphatic rings. The lowest BCUT2D eigenvalue weighted by molar-refractivity contribution is 0.0499. The Kier molecular flexibility index (Phi) is 7.79. The van der Waals surface area contributed by atoms with Gasteiger partial charge < -0.3 is 13.9 Å². The van der Waals surface area contributed by atoms with Gasteiger partial charge in [-0.1, -0.05) is 67.4 Å². The van der Waals surface area contributed by atoms with Gasteiger partial charge in [-0.15, -0.1) is 0 Å². The molecule has 5 aromatic rings. The summed E-state index contributed by atoms with van der Waals surface area (Å²) in [5.41, 5.74) is 3.89. The lowest BCUT2D eigenvalue weighted by Gasteiger charge is -2.25. The van der Waals surface area contributed by atoms with Crippen molar-refractivity contribution in [3.05, 3.63) is 141 Å². The third kappa shape index (κ3) is 5.54. The van der Waals surface area contributed by atoms with Gasteiger partial charge in [0.1, 0.15) is 17.9 Å². The molecule has 0 fully saturated rings. The van der Waals surface area contributed by atoms with Gasteiger partial charge in [0, 0.05) is 5.69 Å². The molecule has 7 nitrogen and oxygen atoms in total. The van der Waals surface area contributed by atoms with Crippen molar-refractivity contribution in [1.82, 2.24) is 0 Å². The number of amides is 1. The summed E-state index contributed by atoms with van der Waals surface area (Å²) in [7, 11) is 0. The minimum Gasteiger partial charge on any atom is -0.489 e. The van der Waals surface area contributed by atoms with Crippen molar-refractivity contribution in [2.24, 2.45) is 0 Å². The number of unbranched alkanes of at least 4 members (excludes halogenated alkanes) is 1. The topological polar surface area (TPSA) is 86.0 Å². The Morgan fingerprint density at radius 3 is 2.47 bits per heavy atom. The minimum absolute atomic E-state index is 0.00464. The average molecular weight is 574 g/mol. The van der Waals surface area contributed by atoms with Crippen LogP contribution >= 0.6 is 0 Å². The Morgan fingerprint density at radius 2 is 1.70 bits per heavy atom. The molecule has 2 heterocycles. The monoisotopic (exact) mass is 573 g/mol. The molecule has 6 rings (SSSR count). The predicted octanol–water partition coefficient (Wildman–Crippen LogP) is 7.39. The van der Waals surface area contributed by atoms with E-state index in [1.807, 2.05) is 74.5 Å². The molecule has 1 amide bonds. The van der Waals surface area contributed by atoms with Gasteiger partial charge in [-0.2, -0.15) is 0 Å². The number of rotatable bonds is 9. The summed E-state index contributed by atoms with van der Waals surface area (Å²) < 4.78 is 17.5. The zero-order valence-corrected chi connectivity index (χ0v) is 24.0. The number of aryl methyl sites for hydroxylation is 1. The van der Waals surface area contributed by atoms with Gasteiger partial charge in [0.25, 0.3) is 5.91 Å². The van der Waals surface area contributed by atoms with Crippen molar-refractivity contribution >= 4 is 28.5 Å². The van der Waals surface area contributed by atoms with Crippen LogP contribution in [0, 0.1) is 6.92 Å². The Labute approximate surface area is 249 Å². The predicted molar refractivity (Wildman–Crippen MR) is 165 cm³/mol. The van der Waals surface area contributed by atoms with E-state index < -0.39 is 17.9 Å². The molecule has 0 N–H and O–H groups in total. The summed E-state index contributed by atoms with van der Waals surface area (Å²) in [5, 5.41) is 0.417. The van der Waals surface area contributed by atoms with E-state index in [0.29, 0.717) is 46.7 Å². The minimum atomic E-state index is -0.772. The maximum atomic E-state index is 14.0. The standard InChI is InChI=1S/C36H31NO6/c1-3-4-19-41-36(40)25-14-16-27(17-15-25)37-32(26-11-8-12-28(21-26)42-22-24-9-6-5-7-10-24)31-33(38)29-20-23(2)13-18-30(29)43-34(31)35(37)39/h5-18,20-21,32H,3-4,19,22H2,1-2H3. The van der Waals surface area contributed by atoms with Crippen molar-refractivity contribution in [3.8, 4) is 5.75 Å². The van der Waals surface area contributed by atoms with Crippen LogP contribution in [0.5, 0.6) is 5.75 Å². The summed E-state index contributed by atoms with van der Waals surface area (Å²) >= 11 is 0. The van der Waals surface area contributed by atoms with Gasteiger partial charge >= 0.3 is 5.97 Å². The van der Waals surface area contributed by atoms with Crippen LogP contribution in [-0.2, 0) is 11.3 Å². The lowest BCUT2D eigenvalue weighted by atomic mass is 9.97. The molecule has 43 heavy (non-hydrogen) atoms. The van der Waals surface area contributed by atoms with Crippen molar-refractivity contribution in [3.63, 3.8) is 0 Å². The van der Waals surface area contributed by atoms with Gasteiger partial charge in [-0.25, -0.2) is 4.79 Å². The number of hydrogen-bond donors (Lipinski definition) is 0. The van der Waals surface area contributed by atoms with Crippen molar-refractivity contribution in [1.29, 1.82) is 0 Å². The van der Waals surface area contributed by atoms with E-state index in [9.17, 15) is 14.4 Å². The molecule has 0 spiro atoms. The molecule has 1 aliphatic heterocycles. The molecule has 4 aromatic carbocycles. The second kappa shape index (κ2) is 12.0. The molecule has 0 radical (unpaired) electrons. The van der Waals surface area contributed by atoms with Gasteiger partial charge in [-0.3, -0.25) is 14.5 Å². The molecule has 0 saturated carbocycles. The summed E-state index contributed by atoms with van der Waals surface area (Å²) in [6.45, 7) is 4.65. The van der Waals surface area contributed by atoms with Gasteiger partial charge in [0.15, 0.2) is 5.43 Å². The van der Waals surface area contributed by atoms with Gasteiger partial charge in [0.2, 0.25) is 5.76 Å². The van der Waals surface area contributed by atoms with Crippen LogP contribution in [0.3, 0.4) is 0 Å². The third-order valence-electron chi connectivity index (χ3n) is 7.56. The molecule has 0 aliphatic carbocycles. The largest absolute Gasteiger partial charge is 0.489 e. The fourth-order valence-corrected chi connectivity index (χ4v) is 5.33. The summed E-state index contributed by atoms with van der Waals surface area (Å²) in [4.78, 5) is 42.1. The molecular formula is C36H31NO6. The molecule has 7 heteroatoms. The lowest BCUT2D eigenvalue weighted by Crippen LogP contribution is -2.29. The summed E-state index contributed by atoms with van der Waals surface area (Å²) in [5.74, 6) is -0.249. The smallest absolute Gasteiger partial charge is 0.338 e. The fourth-order valence-electron chi connectivity index (χ4n) is 5.33. The van der Waals surface area contributed by atoms with E-state index in [4.69, 9.17) is 13.9 Å². The summed E-state index contributed by atoms with van der Waals surface area (Å²) in [6, 6.07) is 28.5. The third-order valence-corrected chi connectivity index (χ3v) is 7.56. The van der Waals surface area contributed by atoms with Crippen LogP contribution in [0.4, 0.5) is 5.69 Å². The van der Waals surface area contributed by atoms with Gasteiger partial charge in [-0.05, 0) is 73.0 Å². The van der Waals surface area contributed by atoms with E-state index in [2.05, 4.69) is 0 Å². The Bertz CT molecular complexity index is 1860. The van der Waals surface area contributed by atoms with Crippen LogP contribution in [0.2, 0.25) is 0 Å². The second-order valence-electron chi connectivity index (χ2n) is 10.6. The molecule has 0 bridgehead atoms. The highest BCUT2D eigenvalue weighted by Gasteiger charge is 2.43. The Hall–Kier alpha value is -5.17. The first kappa shape index (κ1) is 28.0. The maximum Gasteiger partial charge on any atom is 0.338 e. The van der Waals surface area contributed by atoms with E-state index in [0.717, 1.165) is 24.0 Å². The molecular weight excluding hydrogens is 542 g/mol. The zero-order chi connectivity index (χ0) is 29.9. The quantitative estimate of drug-likeness (QED) is 0.135. The number of hydrogen-bond acceptors (Lipinski definition) is 6. The summed E-state index contributed by atoms with van der Waals surface area (Å²) in [6.07, 6.45) is 1.71. The van der Waals surface area contributed by atoms with Crippen molar-refractivity contribution in [2.45, 2.75) is 39.3 Å². The van der Waals surface area contributed by atoms with E-state index in [-0.39, 0.29) is 16.8 Å². The maximum absolute atomic E-state index is 14.0. The Morgan fingerprint density at radius 1 is 0.907 bits per heavy atom. The first-order chi connectivity index (χ1) is 20.9. The van der Waals surface area contributed by atoms with Crippen LogP contribution in [0.1, 0.15) is 69.0 Å². The molecule has 216 valence electrons. The first-order valence-corrected chi connectivity index (χ1v) is 14.4. The molecule has 0 saturated heterocycles. The normalized spacial score (nSPS) is 14.1. The molecule has 1 aromatic heterocycles. The van der Waals surface area contributed by atoms with E-state index in [1.165, 1.54) is 0 Å². The number of nitrogens with zero attached hydrogens (tertiary/aromatic N) is 1. The van der Waals surface area contributed by atoms with Crippen LogP contribution in [-0.4, -0.2) is 18.5 Å². The number of ether oxygens (including phenoxy) is 2. The average Bonchev–Trinajstić information content (AvgIpc) is 3.33. The number of anilines is 1. The van der Waals surface area contributed by atoms with Crippen molar-refractivity contribution < 1.29 is 23.5 Å². The van der Waals surface area contributed by atoms with Crippen LogP contribution in [0.25, 0.3) is 11.0 Å². The SMILES string of the molecule is CCCCOC(=O)c1ccc(N2C(=O)c3oc4ccc(C)cc4c(=O)c3C2c2cccc(OCc3ccccc3)c2)cc1. The number of carbonyl (C=O) groups excluding carboxylic acids is 2. The van der Waals surface area contributed by atoms with Gasteiger partial charge in [0.05, 0.1) is 29.2 Å². The highest BCUT2D eigenvalue weighted by atomic mass is 16.5. The zero-order valence-electron chi connectivity index (χ0n) is 24.0. The van der Waals surface area contributed by atoms with Crippen molar-refractivity contribution in [2.75, 3.05) is 11.5 Å². The van der Waals surface area contributed by atoms with E-state index >= 15 is 0 Å². The fraction of sp³-hybridized carbons (Fsp3) is 0.194. The van der Waals surface area contributed by atoms with E-state index in [1.54, 1.807) is 41.3 Å². The highest BCUT2D eigenvalue weighted by Crippen LogP contribution is 2.42. The second-order valence-corrected chi connectivity index (χ2v) is 10.6. The van der Waals surface area contributed by atoms with Crippen LogP contribution in [0.15, 0.2) is 106 Å². The van der Waals surface area contributed by atoms with Crippen LogP contribution < -0.4 is 15.1 Å². The number of carbonyl (C=O) groups is 2. The number of fused-ring (bicyclic) bond motifs is 2. The number of benzene rings is 4. The Balaban J connectivity index is 1.42. The first-order valence-electron chi connectivity index (χ1n) is 14.4.